The number of nitrogens with one attached hydrogen (secondary N) is 2. The summed E-state index contributed by atoms with van der Waals surface area (Å²) in [5.74, 6) is 0.245. The Balaban J connectivity index is 1.37. The predicted octanol–water partition coefficient (Wildman–Crippen LogP) is 3.74. The summed E-state index contributed by atoms with van der Waals surface area (Å²) >= 11 is 6.02. The number of hydrogen-bond donors (Lipinski definition) is 2. The van der Waals surface area contributed by atoms with Crippen LogP contribution in [0.3, 0.4) is 0 Å². The van der Waals surface area contributed by atoms with Crippen molar-refractivity contribution in [1.82, 2.24) is 19.7 Å². The van der Waals surface area contributed by atoms with Crippen molar-refractivity contribution < 1.29 is 27.4 Å². The monoisotopic (exact) mass is 558 g/mol. The standard InChI is InChI=1S/C24H23ClN6O6S/c1-15-12-17(6-9-19(15)25)37-14-31-11-10-20(29-31)23(32)26-16-4-7-18(8-5-16)38(33,34)30-21-13-22(35-2)28-24(27-21)36-3/h4-13H,14H2,1-3H3,(H,26,32)(H,27,28,30). The SMILES string of the molecule is COc1cc(NS(=O)(=O)c2ccc(NC(=O)c3ccn(COc4ccc(Cl)c(C)c4)n3)cc2)nc(OC)n1. The van der Waals surface area contributed by atoms with Crippen LogP contribution in [0.4, 0.5) is 11.5 Å². The highest BCUT2D eigenvalue weighted by Gasteiger charge is 2.18. The van der Waals surface area contributed by atoms with Crippen molar-refractivity contribution in [3.05, 3.63) is 77.1 Å². The number of halogens is 1. The fourth-order valence-corrected chi connectivity index (χ4v) is 4.27. The second-order valence-corrected chi connectivity index (χ2v) is 9.88. The molecule has 0 aliphatic heterocycles. The van der Waals surface area contributed by atoms with E-state index in [9.17, 15) is 13.2 Å². The number of anilines is 2. The molecule has 38 heavy (non-hydrogen) atoms. The number of carbonyl (C=O) groups is 1. The number of ether oxygens (including phenoxy) is 3. The maximum atomic E-state index is 12.8. The van der Waals surface area contributed by atoms with Gasteiger partial charge in [-0.15, -0.1) is 0 Å². The van der Waals surface area contributed by atoms with E-state index in [1.165, 1.54) is 49.2 Å². The molecule has 198 valence electrons. The van der Waals surface area contributed by atoms with E-state index in [2.05, 4.69) is 25.1 Å². The topological polar surface area (TPSA) is 147 Å². The summed E-state index contributed by atoms with van der Waals surface area (Å²) in [5, 5.41) is 7.53. The molecule has 2 aromatic heterocycles. The second-order valence-electron chi connectivity index (χ2n) is 7.79. The molecule has 0 unspecified atom stereocenters. The van der Waals surface area contributed by atoms with E-state index in [4.69, 9.17) is 25.8 Å². The molecule has 2 aromatic carbocycles. The van der Waals surface area contributed by atoms with Crippen LogP contribution >= 0.6 is 11.6 Å². The Hall–Kier alpha value is -4.36. The van der Waals surface area contributed by atoms with Crippen molar-refractivity contribution in [2.75, 3.05) is 24.3 Å². The van der Waals surface area contributed by atoms with Crippen molar-refractivity contribution >= 4 is 39.0 Å². The Morgan fingerprint density at radius 3 is 2.47 bits per heavy atom. The minimum Gasteiger partial charge on any atom is -0.481 e. The lowest BCUT2D eigenvalue weighted by Crippen LogP contribution is -2.16. The zero-order valence-corrected chi connectivity index (χ0v) is 22.1. The molecule has 12 nitrogen and oxygen atoms in total. The smallest absolute Gasteiger partial charge is 0.321 e. The predicted molar refractivity (Wildman–Crippen MR) is 139 cm³/mol. The Bertz CT molecular complexity index is 1540. The van der Waals surface area contributed by atoms with Gasteiger partial charge in [0.2, 0.25) is 5.88 Å². The lowest BCUT2D eigenvalue weighted by Gasteiger charge is -2.10. The van der Waals surface area contributed by atoms with E-state index in [1.54, 1.807) is 30.5 Å². The quantitative estimate of drug-likeness (QED) is 0.297. The van der Waals surface area contributed by atoms with Crippen LogP contribution in [0, 0.1) is 6.92 Å². The van der Waals surface area contributed by atoms with Gasteiger partial charge in [-0.3, -0.25) is 9.52 Å². The first kappa shape index (κ1) is 26.7. The molecule has 0 aliphatic carbocycles. The minimum absolute atomic E-state index is 0.0307. The van der Waals surface area contributed by atoms with Crippen molar-refractivity contribution in [3.8, 4) is 17.6 Å². The van der Waals surface area contributed by atoms with E-state index in [1.807, 2.05) is 6.92 Å². The highest BCUT2D eigenvalue weighted by molar-refractivity contribution is 7.92. The molecule has 0 saturated carbocycles. The zero-order chi connectivity index (χ0) is 27.3. The number of hydrogen-bond acceptors (Lipinski definition) is 9. The van der Waals surface area contributed by atoms with Gasteiger partial charge in [-0.25, -0.2) is 13.1 Å². The molecular weight excluding hydrogens is 536 g/mol. The molecule has 4 rings (SSSR count). The third-order valence-corrected chi connectivity index (χ3v) is 6.90. The average molecular weight is 559 g/mol. The number of amides is 1. The number of carbonyl (C=O) groups excluding carboxylic acids is 1. The molecule has 0 spiro atoms. The molecular formula is C24H23ClN6O6S. The van der Waals surface area contributed by atoms with Gasteiger partial charge in [0.25, 0.3) is 15.9 Å². The van der Waals surface area contributed by atoms with Gasteiger partial charge < -0.3 is 19.5 Å². The first-order chi connectivity index (χ1) is 18.2. The van der Waals surface area contributed by atoms with Gasteiger partial charge in [0, 0.05) is 23.0 Å². The van der Waals surface area contributed by atoms with E-state index < -0.39 is 15.9 Å². The molecule has 4 aromatic rings. The lowest BCUT2D eigenvalue weighted by molar-refractivity contribution is 0.102. The highest BCUT2D eigenvalue weighted by atomic mass is 35.5. The van der Waals surface area contributed by atoms with Crippen molar-refractivity contribution in [2.24, 2.45) is 0 Å². The number of nitrogens with zero attached hydrogens (tertiary/aromatic N) is 4. The molecule has 2 N–H and O–H groups in total. The largest absolute Gasteiger partial charge is 0.481 e. The van der Waals surface area contributed by atoms with Crippen LogP contribution in [-0.2, 0) is 16.8 Å². The number of aryl methyl sites for hydroxylation is 1. The lowest BCUT2D eigenvalue weighted by atomic mass is 10.2. The van der Waals surface area contributed by atoms with E-state index in [0.717, 1.165) is 5.56 Å². The van der Waals surface area contributed by atoms with Gasteiger partial charge in [-0.1, -0.05) is 11.6 Å². The maximum Gasteiger partial charge on any atom is 0.321 e. The fourth-order valence-electron chi connectivity index (χ4n) is 3.16. The molecule has 0 aliphatic rings. The average Bonchev–Trinajstić information content (AvgIpc) is 3.38. The van der Waals surface area contributed by atoms with E-state index >= 15 is 0 Å². The minimum atomic E-state index is -3.99. The zero-order valence-electron chi connectivity index (χ0n) is 20.5. The summed E-state index contributed by atoms with van der Waals surface area (Å²) in [4.78, 5) is 20.4. The molecule has 14 heteroatoms. The van der Waals surface area contributed by atoms with Gasteiger partial charge in [0.05, 0.1) is 19.1 Å². The van der Waals surface area contributed by atoms with Crippen LogP contribution in [0.1, 0.15) is 16.1 Å². The van der Waals surface area contributed by atoms with Gasteiger partial charge in [-0.2, -0.15) is 15.1 Å². The number of aromatic nitrogens is 4. The number of methoxy groups -OCH3 is 2. The highest BCUT2D eigenvalue weighted by Crippen LogP contribution is 2.23. The van der Waals surface area contributed by atoms with Gasteiger partial charge in [0.15, 0.2) is 18.2 Å². The summed E-state index contributed by atoms with van der Waals surface area (Å²) < 4.78 is 45.0. The third kappa shape index (κ3) is 6.49. The number of sulfonamides is 1. The molecule has 0 radical (unpaired) electrons. The summed E-state index contributed by atoms with van der Waals surface area (Å²) in [5.41, 5.74) is 1.42. The summed E-state index contributed by atoms with van der Waals surface area (Å²) in [6.07, 6.45) is 1.61. The number of benzene rings is 2. The Labute approximate surface area is 223 Å². The van der Waals surface area contributed by atoms with Crippen LogP contribution in [0.5, 0.6) is 17.6 Å². The van der Waals surface area contributed by atoms with Gasteiger partial charge >= 0.3 is 6.01 Å². The van der Waals surface area contributed by atoms with Crippen LogP contribution < -0.4 is 24.2 Å². The summed E-state index contributed by atoms with van der Waals surface area (Å²) in [6.45, 7) is 1.97. The Morgan fingerprint density at radius 2 is 1.79 bits per heavy atom. The summed E-state index contributed by atoms with van der Waals surface area (Å²) in [6, 6.07) is 13.7. The molecule has 2 heterocycles. The summed E-state index contributed by atoms with van der Waals surface area (Å²) in [7, 11) is -1.26. The molecule has 0 fully saturated rings. The van der Waals surface area contributed by atoms with E-state index in [-0.39, 0.29) is 35.0 Å². The Morgan fingerprint density at radius 1 is 1.03 bits per heavy atom. The fraction of sp³-hybridized carbons (Fsp3) is 0.167. The first-order valence-electron chi connectivity index (χ1n) is 11.0. The van der Waals surface area contributed by atoms with Gasteiger partial charge in [-0.05, 0) is 61.0 Å². The molecule has 1 amide bonds. The van der Waals surface area contributed by atoms with E-state index in [0.29, 0.717) is 16.5 Å². The molecule has 0 atom stereocenters. The normalized spacial score (nSPS) is 11.1. The van der Waals surface area contributed by atoms with Crippen molar-refractivity contribution in [1.29, 1.82) is 0 Å². The molecule has 0 saturated heterocycles. The first-order valence-corrected chi connectivity index (χ1v) is 12.9. The maximum absolute atomic E-state index is 12.8. The van der Waals surface area contributed by atoms with Gasteiger partial charge in [0.1, 0.15) is 5.75 Å². The Kier molecular flexibility index (Phi) is 7.98. The second kappa shape index (κ2) is 11.4. The van der Waals surface area contributed by atoms with Crippen LogP contribution in [0.2, 0.25) is 5.02 Å². The van der Waals surface area contributed by atoms with Crippen molar-refractivity contribution in [2.45, 2.75) is 18.6 Å². The van der Waals surface area contributed by atoms with Crippen LogP contribution in [0.15, 0.2) is 65.7 Å². The van der Waals surface area contributed by atoms with Crippen molar-refractivity contribution in [3.63, 3.8) is 0 Å². The number of rotatable bonds is 10. The third-order valence-electron chi connectivity index (χ3n) is 5.10. The van der Waals surface area contributed by atoms with Crippen LogP contribution in [0.25, 0.3) is 0 Å². The van der Waals surface area contributed by atoms with Crippen LogP contribution in [-0.4, -0.2) is 48.3 Å². The molecule has 0 bridgehead atoms.